The second kappa shape index (κ2) is 7.78. The van der Waals surface area contributed by atoms with Gasteiger partial charge in [0.2, 0.25) is 5.88 Å². The number of pyridine rings is 1. The van der Waals surface area contributed by atoms with E-state index in [4.69, 9.17) is 9.47 Å². The summed E-state index contributed by atoms with van der Waals surface area (Å²) in [5.74, 6) is 1.75. The molecular formula is C17H21N5O3. The first-order valence-electron chi connectivity index (χ1n) is 8.10. The molecule has 1 aliphatic heterocycles. The molecule has 1 aliphatic rings. The molecule has 8 heteroatoms. The van der Waals surface area contributed by atoms with Gasteiger partial charge in [-0.25, -0.2) is 0 Å². The van der Waals surface area contributed by atoms with Crippen LogP contribution in [0.25, 0.3) is 0 Å². The lowest BCUT2D eigenvalue weighted by Crippen LogP contribution is -2.34. The van der Waals surface area contributed by atoms with Crippen LogP contribution in [0.2, 0.25) is 0 Å². The molecule has 2 aromatic rings. The van der Waals surface area contributed by atoms with E-state index in [0.29, 0.717) is 24.7 Å². The lowest BCUT2D eigenvalue weighted by molar-refractivity contribution is -0.132. The van der Waals surface area contributed by atoms with Crippen molar-refractivity contribution in [3.63, 3.8) is 0 Å². The van der Waals surface area contributed by atoms with Crippen molar-refractivity contribution in [1.82, 2.24) is 20.1 Å². The monoisotopic (exact) mass is 343 g/mol. The van der Waals surface area contributed by atoms with Gasteiger partial charge in [0.15, 0.2) is 12.4 Å². The van der Waals surface area contributed by atoms with Crippen LogP contribution >= 0.6 is 0 Å². The predicted molar refractivity (Wildman–Crippen MR) is 91.7 cm³/mol. The van der Waals surface area contributed by atoms with Crippen LogP contribution in [0.15, 0.2) is 36.7 Å². The van der Waals surface area contributed by atoms with Crippen LogP contribution in [-0.2, 0) is 4.79 Å². The average molecular weight is 343 g/mol. The maximum absolute atomic E-state index is 12.2. The van der Waals surface area contributed by atoms with Crippen LogP contribution in [-0.4, -0.2) is 65.9 Å². The zero-order chi connectivity index (χ0) is 17.6. The number of amides is 1. The number of hydrogen-bond acceptors (Lipinski definition) is 7. The van der Waals surface area contributed by atoms with Gasteiger partial charge in [-0.15, -0.1) is 10.2 Å². The number of aromatic nitrogens is 3. The van der Waals surface area contributed by atoms with Crippen molar-refractivity contribution in [1.29, 1.82) is 0 Å². The van der Waals surface area contributed by atoms with Gasteiger partial charge < -0.3 is 19.3 Å². The number of ether oxygens (including phenoxy) is 2. The number of anilines is 1. The molecule has 0 N–H and O–H groups in total. The van der Waals surface area contributed by atoms with E-state index in [1.165, 1.54) is 0 Å². The molecule has 2 aromatic heterocycles. The summed E-state index contributed by atoms with van der Waals surface area (Å²) in [7, 11) is 3.80. The normalized spacial score (nSPS) is 16.6. The zero-order valence-corrected chi connectivity index (χ0v) is 14.3. The van der Waals surface area contributed by atoms with Crippen molar-refractivity contribution in [3.8, 4) is 11.6 Å². The fraction of sp³-hybridized carbons (Fsp3) is 0.412. The summed E-state index contributed by atoms with van der Waals surface area (Å²) >= 11 is 0. The Bertz CT molecular complexity index is 693. The quantitative estimate of drug-likeness (QED) is 0.774. The number of carbonyl (C=O) groups excluding carboxylic acids is 1. The zero-order valence-electron chi connectivity index (χ0n) is 14.3. The van der Waals surface area contributed by atoms with E-state index < -0.39 is 0 Å². The van der Waals surface area contributed by atoms with Crippen LogP contribution in [0.4, 0.5) is 5.82 Å². The van der Waals surface area contributed by atoms with E-state index in [1.807, 2.05) is 25.1 Å². The third-order valence-corrected chi connectivity index (χ3v) is 3.87. The summed E-state index contributed by atoms with van der Waals surface area (Å²) in [6, 6.07) is 7.18. The Kier molecular flexibility index (Phi) is 5.27. The standard InChI is InChI=1S/C17H21N5O3/c1-21(2)15-5-6-16(20-19-15)25-14-7-9-22(11-14)17(23)12-24-13-4-3-8-18-10-13/h3-6,8,10,14H,7,9,11-12H2,1-2H3. The van der Waals surface area contributed by atoms with E-state index in [9.17, 15) is 4.79 Å². The van der Waals surface area contributed by atoms with E-state index in [1.54, 1.807) is 35.5 Å². The third kappa shape index (κ3) is 4.56. The van der Waals surface area contributed by atoms with Gasteiger partial charge in [-0.2, -0.15) is 0 Å². The Morgan fingerprint density at radius 2 is 2.20 bits per heavy atom. The SMILES string of the molecule is CN(C)c1ccc(OC2CCN(C(=O)COc3cccnc3)C2)nn1. The molecular weight excluding hydrogens is 322 g/mol. The molecule has 25 heavy (non-hydrogen) atoms. The Morgan fingerprint density at radius 3 is 2.88 bits per heavy atom. The number of likely N-dealkylation sites (tertiary alicyclic amines) is 1. The van der Waals surface area contributed by atoms with Crippen molar-refractivity contribution < 1.29 is 14.3 Å². The van der Waals surface area contributed by atoms with Crippen molar-refractivity contribution in [2.75, 3.05) is 38.7 Å². The fourth-order valence-electron chi connectivity index (χ4n) is 2.50. The predicted octanol–water partition coefficient (Wildman–Crippen LogP) is 0.996. The molecule has 0 aliphatic carbocycles. The second-order valence-corrected chi connectivity index (χ2v) is 5.97. The summed E-state index contributed by atoms with van der Waals surface area (Å²) in [5, 5.41) is 8.14. The summed E-state index contributed by atoms with van der Waals surface area (Å²) in [6.45, 7) is 1.16. The molecule has 1 saturated heterocycles. The fourth-order valence-corrected chi connectivity index (χ4v) is 2.50. The highest BCUT2D eigenvalue weighted by atomic mass is 16.5. The van der Waals surface area contributed by atoms with Crippen molar-refractivity contribution >= 4 is 11.7 Å². The highest BCUT2D eigenvalue weighted by molar-refractivity contribution is 5.78. The van der Waals surface area contributed by atoms with E-state index in [0.717, 1.165) is 12.2 Å². The van der Waals surface area contributed by atoms with Crippen LogP contribution < -0.4 is 14.4 Å². The number of hydrogen-bond donors (Lipinski definition) is 0. The summed E-state index contributed by atoms with van der Waals surface area (Å²) in [4.78, 5) is 19.8. The van der Waals surface area contributed by atoms with Crippen molar-refractivity contribution in [3.05, 3.63) is 36.7 Å². The number of carbonyl (C=O) groups is 1. The van der Waals surface area contributed by atoms with Crippen LogP contribution in [0.5, 0.6) is 11.6 Å². The molecule has 0 radical (unpaired) electrons. The Morgan fingerprint density at radius 1 is 1.32 bits per heavy atom. The molecule has 0 saturated carbocycles. The Labute approximate surface area is 146 Å². The number of nitrogens with zero attached hydrogens (tertiary/aromatic N) is 5. The summed E-state index contributed by atoms with van der Waals surface area (Å²) < 4.78 is 11.3. The van der Waals surface area contributed by atoms with Gasteiger partial charge in [-0.3, -0.25) is 9.78 Å². The minimum atomic E-state index is -0.0816. The molecule has 0 bridgehead atoms. The number of rotatable bonds is 6. The molecule has 132 valence electrons. The molecule has 8 nitrogen and oxygen atoms in total. The summed E-state index contributed by atoms with van der Waals surface area (Å²) in [6.07, 6.45) is 3.92. The molecule has 1 fully saturated rings. The summed E-state index contributed by atoms with van der Waals surface area (Å²) in [5.41, 5.74) is 0. The molecule has 1 atom stereocenters. The van der Waals surface area contributed by atoms with Gasteiger partial charge in [0.25, 0.3) is 5.91 Å². The Balaban J connectivity index is 1.47. The topological polar surface area (TPSA) is 80.7 Å². The Hall–Kier alpha value is -2.90. The van der Waals surface area contributed by atoms with Gasteiger partial charge >= 0.3 is 0 Å². The first kappa shape index (κ1) is 16.9. The van der Waals surface area contributed by atoms with Gasteiger partial charge in [0, 0.05) is 39.3 Å². The lowest BCUT2D eigenvalue weighted by Gasteiger charge is -2.17. The largest absolute Gasteiger partial charge is 0.482 e. The lowest BCUT2D eigenvalue weighted by atomic mass is 10.3. The molecule has 0 aromatic carbocycles. The molecule has 3 rings (SSSR count). The van der Waals surface area contributed by atoms with Gasteiger partial charge in [-0.05, 0) is 18.2 Å². The smallest absolute Gasteiger partial charge is 0.260 e. The van der Waals surface area contributed by atoms with Crippen LogP contribution in [0.1, 0.15) is 6.42 Å². The van der Waals surface area contributed by atoms with Gasteiger partial charge in [0.1, 0.15) is 11.9 Å². The molecule has 1 unspecified atom stereocenters. The molecule has 0 spiro atoms. The highest BCUT2D eigenvalue weighted by Gasteiger charge is 2.28. The minimum absolute atomic E-state index is 0.00422. The molecule has 1 amide bonds. The minimum Gasteiger partial charge on any atom is -0.482 e. The van der Waals surface area contributed by atoms with Crippen molar-refractivity contribution in [2.45, 2.75) is 12.5 Å². The third-order valence-electron chi connectivity index (χ3n) is 3.87. The molecule has 3 heterocycles. The van der Waals surface area contributed by atoms with Gasteiger partial charge in [-0.1, -0.05) is 0 Å². The average Bonchev–Trinajstić information content (AvgIpc) is 3.09. The maximum Gasteiger partial charge on any atom is 0.260 e. The van der Waals surface area contributed by atoms with Crippen LogP contribution in [0.3, 0.4) is 0 Å². The first-order valence-corrected chi connectivity index (χ1v) is 8.10. The second-order valence-electron chi connectivity index (χ2n) is 5.97. The maximum atomic E-state index is 12.2. The first-order chi connectivity index (χ1) is 12.1. The highest BCUT2D eigenvalue weighted by Crippen LogP contribution is 2.18. The van der Waals surface area contributed by atoms with E-state index in [-0.39, 0.29) is 18.6 Å². The van der Waals surface area contributed by atoms with Crippen LogP contribution in [0, 0.1) is 0 Å². The van der Waals surface area contributed by atoms with E-state index in [2.05, 4.69) is 15.2 Å². The van der Waals surface area contributed by atoms with E-state index >= 15 is 0 Å². The van der Waals surface area contributed by atoms with Crippen molar-refractivity contribution in [2.24, 2.45) is 0 Å². The van der Waals surface area contributed by atoms with Gasteiger partial charge in [0.05, 0.1) is 12.7 Å².